The van der Waals surface area contributed by atoms with Gasteiger partial charge in [0.05, 0.1) is 0 Å². The number of nitrogen functional groups attached to an aromatic ring is 1. The molecule has 0 fully saturated rings. The second-order valence-corrected chi connectivity index (χ2v) is 4.72. The lowest BCUT2D eigenvalue weighted by atomic mass is 9.93. The summed E-state index contributed by atoms with van der Waals surface area (Å²) < 4.78 is 0. The molecule has 0 atom stereocenters. The fraction of sp³-hybridized carbons (Fsp3) is 0.625. The van der Waals surface area contributed by atoms with Crippen molar-refractivity contribution in [2.24, 2.45) is 0 Å². The average Bonchev–Trinajstić information content (AvgIpc) is 2.06. The van der Waals surface area contributed by atoms with E-state index in [-0.39, 0.29) is 11.0 Å². The molecule has 0 radical (unpaired) electrons. The van der Waals surface area contributed by atoms with E-state index in [1.165, 1.54) is 11.8 Å². The summed E-state index contributed by atoms with van der Waals surface area (Å²) in [4.78, 5) is 16.5. The SMILES string of the molecule is CSc1nc(=O)c(C(C)(C)C)nn1N. The largest absolute Gasteiger partial charge is 0.321 e. The average molecular weight is 214 g/mol. The molecular weight excluding hydrogens is 200 g/mol. The standard InChI is InChI=1S/C8H14N4OS/c1-8(2,3)5-6(13)10-7(14-4)12(9)11-5/h9H2,1-4H3. The molecule has 0 aliphatic rings. The molecule has 0 bridgehead atoms. The zero-order chi connectivity index (χ0) is 10.9. The van der Waals surface area contributed by atoms with Crippen LogP contribution in [-0.2, 0) is 5.41 Å². The summed E-state index contributed by atoms with van der Waals surface area (Å²) >= 11 is 1.29. The van der Waals surface area contributed by atoms with Gasteiger partial charge in [-0.15, -0.1) is 5.10 Å². The molecule has 14 heavy (non-hydrogen) atoms. The van der Waals surface area contributed by atoms with Gasteiger partial charge in [0.1, 0.15) is 5.69 Å². The van der Waals surface area contributed by atoms with E-state index >= 15 is 0 Å². The van der Waals surface area contributed by atoms with E-state index in [9.17, 15) is 4.79 Å². The molecule has 1 rings (SSSR count). The van der Waals surface area contributed by atoms with Crippen LogP contribution in [-0.4, -0.2) is 21.1 Å². The van der Waals surface area contributed by atoms with Gasteiger partial charge >= 0.3 is 0 Å². The van der Waals surface area contributed by atoms with Crippen molar-refractivity contribution in [1.82, 2.24) is 14.9 Å². The maximum atomic E-state index is 11.5. The van der Waals surface area contributed by atoms with Crippen molar-refractivity contribution in [3.63, 3.8) is 0 Å². The summed E-state index contributed by atoms with van der Waals surface area (Å²) in [6.07, 6.45) is 1.80. The van der Waals surface area contributed by atoms with E-state index in [1.54, 1.807) is 6.26 Å². The summed E-state index contributed by atoms with van der Waals surface area (Å²) in [6, 6.07) is 0. The van der Waals surface area contributed by atoms with Crippen molar-refractivity contribution < 1.29 is 0 Å². The summed E-state index contributed by atoms with van der Waals surface area (Å²) in [6.45, 7) is 5.70. The smallest absolute Gasteiger partial charge is 0.296 e. The van der Waals surface area contributed by atoms with Crippen LogP contribution in [0.15, 0.2) is 9.95 Å². The van der Waals surface area contributed by atoms with Crippen LogP contribution >= 0.6 is 11.8 Å². The Morgan fingerprint density at radius 3 is 2.43 bits per heavy atom. The number of aromatic nitrogens is 3. The van der Waals surface area contributed by atoms with Gasteiger partial charge in [0.25, 0.3) is 5.56 Å². The summed E-state index contributed by atoms with van der Waals surface area (Å²) in [5.74, 6) is 5.58. The second-order valence-electron chi connectivity index (χ2n) is 3.95. The monoisotopic (exact) mass is 214 g/mol. The van der Waals surface area contributed by atoms with Crippen molar-refractivity contribution in [2.75, 3.05) is 12.1 Å². The lowest BCUT2D eigenvalue weighted by Gasteiger charge is -2.16. The van der Waals surface area contributed by atoms with E-state index in [2.05, 4.69) is 10.1 Å². The van der Waals surface area contributed by atoms with Crippen molar-refractivity contribution in [1.29, 1.82) is 0 Å². The van der Waals surface area contributed by atoms with Crippen molar-refractivity contribution >= 4 is 11.8 Å². The Hall–Kier alpha value is -1.04. The molecule has 0 saturated heterocycles. The van der Waals surface area contributed by atoms with Crippen LogP contribution in [0.3, 0.4) is 0 Å². The first-order valence-corrected chi connectivity index (χ1v) is 5.39. The van der Waals surface area contributed by atoms with E-state index in [1.807, 2.05) is 20.8 Å². The van der Waals surface area contributed by atoms with Gasteiger partial charge in [0, 0.05) is 5.41 Å². The summed E-state index contributed by atoms with van der Waals surface area (Å²) in [7, 11) is 0. The molecule has 0 unspecified atom stereocenters. The first kappa shape index (κ1) is 11.0. The second kappa shape index (κ2) is 3.61. The molecule has 0 amide bonds. The van der Waals surface area contributed by atoms with Crippen LogP contribution in [0.25, 0.3) is 0 Å². The minimum Gasteiger partial charge on any atom is -0.321 e. The number of nitrogens with zero attached hydrogens (tertiary/aromatic N) is 3. The Bertz CT molecular complexity index is 393. The first-order valence-electron chi connectivity index (χ1n) is 4.17. The highest BCUT2D eigenvalue weighted by Crippen LogP contribution is 2.16. The third-order valence-corrected chi connectivity index (χ3v) is 2.34. The fourth-order valence-corrected chi connectivity index (χ4v) is 1.40. The van der Waals surface area contributed by atoms with Crippen LogP contribution in [0.5, 0.6) is 0 Å². The van der Waals surface area contributed by atoms with Crippen molar-refractivity contribution in [3.05, 3.63) is 16.0 Å². The van der Waals surface area contributed by atoms with Gasteiger partial charge in [0.2, 0.25) is 5.16 Å². The van der Waals surface area contributed by atoms with Gasteiger partial charge in [-0.1, -0.05) is 32.5 Å². The van der Waals surface area contributed by atoms with Crippen molar-refractivity contribution in [3.8, 4) is 0 Å². The van der Waals surface area contributed by atoms with Gasteiger partial charge < -0.3 is 5.84 Å². The predicted octanol–water partition coefficient (Wildman–Crippen LogP) is 0.372. The third kappa shape index (κ3) is 2.06. The Morgan fingerprint density at radius 2 is 2.00 bits per heavy atom. The molecule has 1 aromatic rings. The lowest BCUT2D eigenvalue weighted by Crippen LogP contribution is -2.33. The van der Waals surface area contributed by atoms with Gasteiger partial charge in [0.15, 0.2) is 0 Å². The molecule has 2 N–H and O–H groups in total. The maximum absolute atomic E-state index is 11.5. The number of thioether (sulfide) groups is 1. The third-order valence-electron chi connectivity index (χ3n) is 1.70. The number of hydrogen-bond acceptors (Lipinski definition) is 5. The maximum Gasteiger partial charge on any atom is 0.296 e. The Kier molecular flexibility index (Phi) is 2.84. The van der Waals surface area contributed by atoms with Gasteiger partial charge in [-0.05, 0) is 6.26 Å². The van der Waals surface area contributed by atoms with E-state index in [4.69, 9.17) is 5.84 Å². The van der Waals surface area contributed by atoms with E-state index in [0.717, 1.165) is 4.79 Å². The molecule has 0 spiro atoms. The molecule has 0 aliphatic carbocycles. The fourth-order valence-electron chi connectivity index (χ4n) is 0.994. The van der Waals surface area contributed by atoms with Crippen LogP contribution in [0, 0.1) is 0 Å². The van der Waals surface area contributed by atoms with Crippen LogP contribution in [0.4, 0.5) is 0 Å². The Morgan fingerprint density at radius 1 is 1.43 bits per heavy atom. The number of hydrogen-bond donors (Lipinski definition) is 1. The molecular formula is C8H14N4OS. The quantitative estimate of drug-likeness (QED) is 0.540. The molecule has 0 aromatic carbocycles. The minimum absolute atomic E-state index is 0.302. The summed E-state index contributed by atoms with van der Waals surface area (Å²) in [5.41, 5.74) is -0.247. The summed E-state index contributed by atoms with van der Waals surface area (Å²) in [5, 5.41) is 4.43. The van der Waals surface area contributed by atoms with Crippen LogP contribution in [0.1, 0.15) is 26.5 Å². The molecule has 1 aromatic heterocycles. The molecule has 1 heterocycles. The highest BCUT2D eigenvalue weighted by Gasteiger charge is 2.21. The number of rotatable bonds is 1. The zero-order valence-electron chi connectivity index (χ0n) is 8.74. The Labute approximate surface area is 86.7 Å². The van der Waals surface area contributed by atoms with E-state index < -0.39 is 0 Å². The number of nitrogens with two attached hydrogens (primary N) is 1. The first-order chi connectivity index (χ1) is 6.36. The van der Waals surface area contributed by atoms with Crippen LogP contribution < -0.4 is 11.4 Å². The molecule has 0 aliphatic heterocycles. The van der Waals surface area contributed by atoms with Gasteiger partial charge in [-0.2, -0.15) is 9.77 Å². The highest BCUT2D eigenvalue weighted by molar-refractivity contribution is 7.98. The predicted molar refractivity (Wildman–Crippen MR) is 56.9 cm³/mol. The molecule has 5 nitrogen and oxygen atoms in total. The molecule has 6 heteroatoms. The normalized spacial score (nSPS) is 11.7. The van der Waals surface area contributed by atoms with Gasteiger partial charge in [-0.3, -0.25) is 4.79 Å². The van der Waals surface area contributed by atoms with Crippen LogP contribution in [0.2, 0.25) is 0 Å². The van der Waals surface area contributed by atoms with E-state index in [0.29, 0.717) is 10.9 Å². The topological polar surface area (TPSA) is 73.8 Å². The molecule has 78 valence electrons. The molecule has 0 saturated carbocycles. The van der Waals surface area contributed by atoms with Gasteiger partial charge in [-0.25, -0.2) is 0 Å². The Balaban J connectivity index is 3.37. The highest BCUT2D eigenvalue weighted by atomic mass is 32.2. The minimum atomic E-state index is -0.331. The van der Waals surface area contributed by atoms with Crippen molar-refractivity contribution in [2.45, 2.75) is 31.3 Å². The lowest BCUT2D eigenvalue weighted by molar-refractivity contribution is 0.507. The zero-order valence-corrected chi connectivity index (χ0v) is 9.55.